The quantitative estimate of drug-likeness (QED) is 0.740. The first kappa shape index (κ1) is 17.8. The van der Waals surface area contributed by atoms with Crippen molar-refractivity contribution < 1.29 is 14.3 Å². The number of carbonyl (C=O) groups excluding carboxylic acids is 2. The SMILES string of the molecule is NC1CCC(C(=O)Nc2ccc(NC(=O)CN3CCOCC3)cc2)C1. The van der Waals surface area contributed by atoms with E-state index in [1.54, 1.807) is 24.3 Å². The van der Waals surface area contributed by atoms with Crippen LogP contribution in [0.15, 0.2) is 24.3 Å². The second kappa shape index (κ2) is 8.42. The molecule has 7 heteroatoms. The highest BCUT2D eigenvalue weighted by molar-refractivity contribution is 5.94. The van der Waals surface area contributed by atoms with Crippen LogP contribution in [-0.2, 0) is 14.3 Å². The third-order valence-electron chi connectivity index (χ3n) is 4.75. The van der Waals surface area contributed by atoms with Crippen molar-refractivity contribution in [1.29, 1.82) is 0 Å². The van der Waals surface area contributed by atoms with Gasteiger partial charge in [-0.3, -0.25) is 14.5 Å². The van der Waals surface area contributed by atoms with Gasteiger partial charge >= 0.3 is 0 Å². The Hall–Kier alpha value is -1.96. The number of benzene rings is 1. The van der Waals surface area contributed by atoms with Crippen molar-refractivity contribution in [3.8, 4) is 0 Å². The Kier molecular flexibility index (Phi) is 6.01. The molecule has 136 valence electrons. The number of anilines is 2. The summed E-state index contributed by atoms with van der Waals surface area (Å²) in [6, 6.07) is 7.34. The van der Waals surface area contributed by atoms with Gasteiger partial charge in [0.25, 0.3) is 0 Å². The first-order valence-corrected chi connectivity index (χ1v) is 8.86. The summed E-state index contributed by atoms with van der Waals surface area (Å²) in [5, 5.41) is 5.80. The van der Waals surface area contributed by atoms with Gasteiger partial charge in [0.15, 0.2) is 0 Å². The second-order valence-electron chi connectivity index (χ2n) is 6.77. The van der Waals surface area contributed by atoms with Crippen LogP contribution in [-0.4, -0.2) is 55.6 Å². The normalized spacial score (nSPS) is 24.0. The van der Waals surface area contributed by atoms with Crippen LogP contribution in [0.25, 0.3) is 0 Å². The van der Waals surface area contributed by atoms with Crippen molar-refractivity contribution in [3.05, 3.63) is 24.3 Å². The van der Waals surface area contributed by atoms with E-state index in [0.717, 1.165) is 43.7 Å². The van der Waals surface area contributed by atoms with E-state index in [4.69, 9.17) is 10.5 Å². The Labute approximate surface area is 147 Å². The zero-order valence-electron chi connectivity index (χ0n) is 14.4. The fraction of sp³-hybridized carbons (Fsp3) is 0.556. The van der Waals surface area contributed by atoms with Crippen molar-refractivity contribution in [2.24, 2.45) is 11.7 Å². The minimum absolute atomic E-state index is 0.00269. The summed E-state index contributed by atoms with van der Waals surface area (Å²) in [7, 11) is 0. The standard InChI is InChI=1S/C18H26N4O3/c19-14-2-1-13(11-14)18(24)21-16-5-3-15(4-6-16)20-17(23)12-22-7-9-25-10-8-22/h3-6,13-14H,1-2,7-12,19H2,(H,20,23)(H,21,24). The Morgan fingerprint density at radius 3 is 2.32 bits per heavy atom. The van der Waals surface area contributed by atoms with Crippen molar-refractivity contribution in [2.45, 2.75) is 25.3 Å². The summed E-state index contributed by atoms with van der Waals surface area (Å²) < 4.78 is 5.27. The lowest BCUT2D eigenvalue weighted by Crippen LogP contribution is -2.41. The number of carbonyl (C=O) groups is 2. The van der Waals surface area contributed by atoms with Crippen LogP contribution < -0.4 is 16.4 Å². The highest BCUT2D eigenvalue weighted by atomic mass is 16.5. The van der Waals surface area contributed by atoms with Gasteiger partial charge in [0.05, 0.1) is 19.8 Å². The first-order chi connectivity index (χ1) is 12.1. The zero-order chi connectivity index (χ0) is 17.6. The average molecular weight is 346 g/mol. The smallest absolute Gasteiger partial charge is 0.238 e. The van der Waals surface area contributed by atoms with Crippen LogP contribution >= 0.6 is 0 Å². The van der Waals surface area contributed by atoms with E-state index >= 15 is 0 Å². The zero-order valence-corrected chi connectivity index (χ0v) is 14.4. The monoisotopic (exact) mass is 346 g/mol. The minimum atomic E-state index is -0.0429. The molecule has 2 unspecified atom stereocenters. The van der Waals surface area contributed by atoms with Crippen LogP contribution in [0.3, 0.4) is 0 Å². The van der Waals surface area contributed by atoms with E-state index in [1.165, 1.54) is 0 Å². The molecule has 1 aliphatic heterocycles. The Morgan fingerprint density at radius 2 is 1.72 bits per heavy atom. The lowest BCUT2D eigenvalue weighted by Gasteiger charge is -2.25. The molecule has 4 N–H and O–H groups in total. The number of ether oxygens (including phenoxy) is 1. The lowest BCUT2D eigenvalue weighted by molar-refractivity contribution is -0.120. The van der Waals surface area contributed by atoms with E-state index in [1.807, 2.05) is 0 Å². The van der Waals surface area contributed by atoms with Gasteiger partial charge in [-0.2, -0.15) is 0 Å². The molecule has 2 fully saturated rings. The van der Waals surface area contributed by atoms with Crippen molar-refractivity contribution in [1.82, 2.24) is 4.90 Å². The number of nitrogens with zero attached hydrogens (tertiary/aromatic N) is 1. The van der Waals surface area contributed by atoms with Crippen LogP contribution in [0.5, 0.6) is 0 Å². The average Bonchev–Trinajstić information content (AvgIpc) is 3.04. The number of amides is 2. The van der Waals surface area contributed by atoms with Crippen LogP contribution in [0.1, 0.15) is 19.3 Å². The number of nitrogens with two attached hydrogens (primary N) is 1. The number of hydrogen-bond acceptors (Lipinski definition) is 5. The Balaban J connectivity index is 1.46. The third kappa shape index (κ3) is 5.26. The molecule has 0 bridgehead atoms. The summed E-state index contributed by atoms with van der Waals surface area (Å²) in [4.78, 5) is 26.3. The topological polar surface area (TPSA) is 96.7 Å². The van der Waals surface area contributed by atoms with Gasteiger partial charge in [-0.15, -0.1) is 0 Å². The number of hydrogen-bond donors (Lipinski definition) is 3. The van der Waals surface area contributed by atoms with Crippen LogP contribution in [0, 0.1) is 5.92 Å². The summed E-state index contributed by atoms with van der Waals surface area (Å²) in [5.41, 5.74) is 7.31. The summed E-state index contributed by atoms with van der Waals surface area (Å²) in [5.74, 6) is -0.0152. The van der Waals surface area contributed by atoms with Gasteiger partial charge in [-0.05, 0) is 43.5 Å². The van der Waals surface area contributed by atoms with E-state index < -0.39 is 0 Å². The maximum atomic E-state index is 12.2. The van der Waals surface area contributed by atoms with Crippen molar-refractivity contribution in [3.63, 3.8) is 0 Å². The molecule has 1 aromatic rings. The number of rotatable bonds is 5. The summed E-state index contributed by atoms with van der Waals surface area (Å²) >= 11 is 0. The summed E-state index contributed by atoms with van der Waals surface area (Å²) in [6.07, 6.45) is 2.51. The molecule has 1 aliphatic carbocycles. The molecule has 2 aliphatic rings. The highest BCUT2D eigenvalue weighted by Crippen LogP contribution is 2.25. The predicted octanol–water partition coefficient (Wildman–Crippen LogP) is 1.02. The van der Waals surface area contributed by atoms with Gasteiger partial charge in [0.2, 0.25) is 11.8 Å². The first-order valence-electron chi connectivity index (χ1n) is 8.86. The van der Waals surface area contributed by atoms with Crippen LogP contribution in [0.4, 0.5) is 11.4 Å². The molecule has 1 saturated carbocycles. The third-order valence-corrected chi connectivity index (χ3v) is 4.75. The maximum Gasteiger partial charge on any atom is 0.238 e. The van der Waals surface area contributed by atoms with Crippen molar-refractivity contribution in [2.75, 3.05) is 43.5 Å². The molecule has 0 spiro atoms. The molecule has 25 heavy (non-hydrogen) atoms. The fourth-order valence-electron chi connectivity index (χ4n) is 3.30. The lowest BCUT2D eigenvalue weighted by atomic mass is 10.1. The second-order valence-corrected chi connectivity index (χ2v) is 6.77. The summed E-state index contributed by atoms with van der Waals surface area (Å²) in [6.45, 7) is 3.28. The Bertz CT molecular complexity index is 599. The number of morpholine rings is 1. The minimum Gasteiger partial charge on any atom is -0.379 e. The maximum absolute atomic E-state index is 12.2. The Morgan fingerprint density at radius 1 is 1.08 bits per heavy atom. The van der Waals surface area contributed by atoms with Gasteiger partial charge in [-0.25, -0.2) is 0 Å². The largest absolute Gasteiger partial charge is 0.379 e. The highest BCUT2D eigenvalue weighted by Gasteiger charge is 2.27. The molecular weight excluding hydrogens is 320 g/mol. The van der Waals surface area contributed by atoms with Crippen LogP contribution in [0.2, 0.25) is 0 Å². The molecular formula is C18H26N4O3. The van der Waals surface area contributed by atoms with E-state index in [9.17, 15) is 9.59 Å². The van der Waals surface area contributed by atoms with E-state index in [0.29, 0.717) is 19.8 Å². The van der Waals surface area contributed by atoms with Gasteiger partial charge < -0.3 is 21.1 Å². The van der Waals surface area contributed by atoms with Gasteiger partial charge in [0.1, 0.15) is 0 Å². The molecule has 3 rings (SSSR count). The molecule has 7 nitrogen and oxygen atoms in total. The molecule has 1 aromatic carbocycles. The molecule has 1 saturated heterocycles. The molecule has 1 heterocycles. The van der Waals surface area contributed by atoms with E-state index in [-0.39, 0.29) is 23.8 Å². The molecule has 0 aromatic heterocycles. The molecule has 2 amide bonds. The van der Waals surface area contributed by atoms with Gasteiger partial charge in [-0.1, -0.05) is 0 Å². The van der Waals surface area contributed by atoms with Crippen molar-refractivity contribution >= 4 is 23.2 Å². The fourth-order valence-corrected chi connectivity index (χ4v) is 3.30. The van der Waals surface area contributed by atoms with Gasteiger partial charge in [0, 0.05) is 36.4 Å². The molecule has 2 atom stereocenters. The van der Waals surface area contributed by atoms with E-state index in [2.05, 4.69) is 15.5 Å². The molecule has 0 radical (unpaired) electrons. The predicted molar refractivity (Wildman–Crippen MR) is 96.3 cm³/mol. The number of nitrogens with one attached hydrogen (secondary N) is 2.